The van der Waals surface area contributed by atoms with Gasteiger partial charge in [0.05, 0.1) is 12.3 Å². The zero-order chi connectivity index (χ0) is 8.97. The predicted molar refractivity (Wildman–Crippen MR) is 41.0 cm³/mol. The van der Waals surface area contributed by atoms with E-state index in [2.05, 4.69) is 10.3 Å². The third kappa shape index (κ3) is 2.32. The highest BCUT2D eigenvalue weighted by Crippen LogP contribution is 1.95. The Kier molecular flexibility index (Phi) is 2.77. The quantitative estimate of drug-likeness (QED) is 0.681. The van der Waals surface area contributed by atoms with Crippen molar-refractivity contribution in [3.63, 3.8) is 0 Å². The second-order valence-electron chi connectivity index (χ2n) is 2.62. The summed E-state index contributed by atoms with van der Waals surface area (Å²) >= 11 is 0. The molecule has 5 heteroatoms. The molecule has 0 saturated heterocycles. The number of nitriles is 1. The van der Waals surface area contributed by atoms with Gasteiger partial charge in [-0.3, -0.25) is 4.68 Å². The molecule has 1 heterocycles. The summed E-state index contributed by atoms with van der Waals surface area (Å²) in [5.41, 5.74) is 0.306. The van der Waals surface area contributed by atoms with Crippen molar-refractivity contribution in [2.75, 3.05) is 0 Å². The smallest absolute Gasteiger partial charge is 0.182 e. The second kappa shape index (κ2) is 3.83. The fourth-order valence-electron chi connectivity index (χ4n) is 0.778. The first kappa shape index (κ1) is 8.68. The third-order valence-electron chi connectivity index (χ3n) is 1.43. The molecule has 1 rings (SSSR count). The van der Waals surface area contributed by atoms with E-state index in [0.717, 1.165) is 0 Å². The normalized spacial score (nSPS) is 12.4. The molecule has 0 aromatic carbocycles. The summed E-state index contributed by atoms with van der Waals surface area (Å²) in [7, 11) is 0. The number of rotatable bonds is 3. The lowest BCUT2D eigenvalue weighted by Crippen LogP contribution is -2.07. The Bertz CT molecular complexity index is 286. The van der Waals surface area contributed by atoms with Crippen LogP contribution in [0.4, 0.5) is 0 Å². The van der Waals surface area contributed by atoms with Gasteiger partial charge in [0.15, 0.2) is 5.69 Å². The van der Waals surface area contributed by atoms with Crippen molar-refractivity contribution in [3.05, 3.63) is 11.9 Å². The van der Waals surface area contributed by atoms with Crippen LogP contribution in [-0.4, -0.2) is 26.2 Å². The highest BCUT2D eigenvalue weighted by molar-refractivity contribution is 5.12. The summed E-state index contributed by atoms with van der Waals surface area (Å²) in [5, 5.41) is 24.6. The van der Waals surface area contributed by atoms with E-state index in [-0.39, 0.29) is 6.10 Å². The molecule has 1 aromatic heterocycles. The van der Waals surface area contributed by atoms with E-state index in [1.165, 1.54) is 0 Å². The molecule has 0 bridgehead atoms. The van der Waals surface area contributed by atoms with Crippen molar-refractivity contribution in [1.82, 2.24) is 15.0 Å². The van der Waals surface area contributed by atoms with Gasteiger partial charge in [0, 0.05) is 6.54 Å². The lowest BCUT2D eigenvalue weighted by atomic mass is 10.3. The van der Waals surface area contributed by atoms with Gasteiger partial charge >= 0.3 is 0 Å². The van der Waals surface area contributed by atoms with Gasteiger partial charge in [-0.2, -0.15) is 5.26 Å². The summed E-state index contributed by atoms with van der Waals surface area (Å²) in [4.78, 5) is 0. The molecule has 0 aliphatic rings. The van der Waals surface area contributed by atoms with Crippen LogP contribution < -0.4 is 0 Å². The van der Waals surface area contributed by atoms with Crippen molar-refractivity contribution < 1.29 is 5.11 Å². The van der Waals surface area contributed by atoms with Gasteiger partial charge in [-0.05, 0) is 13.3 Å². The standard InChI is InChI=1S/C7H10N4O/c1-6(12)2-3-11-5-7(4-8)9-10-11/h5-6,12H,2-3H2,1H3. The molecule has 1 atom stereocenters. The molecule has 0 radical (unpaired) electrons. The SMILES string of the molecule is CC(O)CCn1cc(C#N)nn1. The number of hydrogen-bond donors (Lipinski definition) is 1. The summed E-state index contributed by atoms with van der Waals surface area (Å²) in [6.07, 6.45) is 1.83. The van der Waals surface area contributed by atoms with Crippen molar-refractivity contribution in [2.24, 2.45) is 0 Å². The highest BCUT2D eigenvalue weighted by atomic mass is 16.3. The Morgan fingerprint density at radius 2 is 2.58 bits per heavy atom. The summed E-state index contributed by atoms with van der Waals surface area (Å²) < 4.78 is 1.55. The first-order chi connectivity index (χ1) is 5.72. The Labute approximate surface area is 70.2 Å². The van der Waals surface area contributed by atoms with Crippen LogP contribution in [0.3, 0.4) is 0 Å². The number of aliphatic hydroxyl groups excluding tert-OH is 1. The molecular formula is C7H10N4O. The highest BCUT2D eigenvalue weighted by Gasteiger charge is 2.00. The Morgan fingerprint density at radius 1 is 1.83 bits per heavy atom. The molecule has 1 aromatic rings. The minimum Gasteiger partial charge on any atom is -0.393 e. The van der Waals surface area contributed by atoms with Crippen molar-refractivity contribution >= 4 is 0 Å². The molecule has 0 aliphatic carbocycles. The molecule has 0 amide bonds. The molecule has 0 saturated carbocycles. The Balaban J connectivity index is 2.48. The number of aliphatic hydroxyl groups is 1. The van der Waals surface area contributed by atoms with E-state index in [0.29, 0.717) is 18.7 Å². The lowest BCUT2D eigenvalue weighted by molar-refractivity contribution is 0.176. The topological polar surface area (TPSA) is 74.7 Å². The summed E-state index contributed by atoms with van der Waals surface area (Å²) in [6.45, 7) is 2.30. The third-order valence-corrected chi connectivity index (χ3v) is 1.43. The van der Waals surface area contributed by atoms with Crippen LogP contribution in [0, 0.1) is 11.3 Å². The van der Waals surface area contributed by atoms with Gasteiger partial charge in [-0.25, -0.2) is 0 Å². The number of aryl methyl sites for hydroxylation is 1. The van der Waals surface area contributed by atoms with Gasteiger partial charge in [0.2, 0.25) is 0 Å². The monoisotopic (exact) mass is 166 g/mol. The largest absolute Gasteiger partial charge is 0.393 e. The van der Waals surface area contributed by atoms with Gasteiger partial charge in [-0.1, -0.05) is 5.21 Å². The van der Waals surface area contributed by atoms with Crippen LogP contribution >= 0.6 is 0 Å². The van der Waals surface area contributed by atoms with E-state index >= 15 is 0 Å². The first-order valence-electron chi connectivity index (χ1n) is 3.70. The molecule has 1 N–H and O–H groups in total. The minimum atomic E-state index is -0.347. The maximum atomic E-state index is 8.95. The van der Waals surface area contributed by atoms with E-state index in [1.54, 1.807) is 17.8 Å². The van der Waals surface area contributed by atoms with Crippen LogP contribution in [0.15, 0.2) is 6.20 Å². The Hall–Kier alpha value is -1.41. The minimum absolute atomic E-state index is 0.306. The molecule has 1 unspecified atom stereocenters. The number of hydrogen-bond acceptors (Lipinski definition) is 4. The average Bonchev–Trinajstić information content (AvgIpc) is 2.48. The van der Waals surface area contributed by atoms with E-state index in [1.807, 2.05) is 6.07 Å². The number of nitrogens with zero attached hydrogens (tertiary/aromatic N) is 4. The molecule has 12 heavy (non-hydrogen) atoms. The Morgan fingerprint density at radius 3 is 3.08 bits per heavy atom. The van der Waals surface area contributed by atoms with Gasteiger partial charge in [0.1, 0.15) is 6.07 Å². The molecule has 0 spiro atoms. The molecule has 5 nitrogen and oxygen atoms in total. The van der Waals surface area contributed by atoms with Gasteiger partial charge in [-0.15, -0.1) is 5.10 Å². The van der Waals surface area contributed by atoms with E-state index in [9.17, 15) is 0 Å². The maximum Gasteiger partial charge on any atom is 0.182 e. The van der Waals surface area contributed by atoms with Crippen LogP contribution in [0.5, 0.6) is 0 Å². The summed E-state index contributed by atoms with van der Waals surface area (Å²) in [6, 6.07) is 1.88. The van der Waals surface area contributed by atoms with Crippen LogP contribution in [0.2, 0.25) is 0 Å². The fraction of sp³-hybridized carbons (Fsp3) is 0.571. The van der Waals surface area contributed by atoms with E-state index < -0.39 is 0 Å². The molecule has 0 fully saturated rings. The van der Waals surface area contributed by atoms with Crippen molar-refractivity contribution in [3.8, 4) is 6.07 Å². The summed E-state index contributed by atoms with van der Waals surface area (Å²) in [5.74, 6) is 0. The molecular weight excluding hydrogens is 156 g/mol. The van der Waals surface area contributed by atoms with Gasteiger partial charge in [0.25, 0.3) is 0 Å². The lowest BCUT2D eigenvalue weighted by Gasteiger charge is -2.01. The van der Waals surface area contributed by atoms with Gasteiger partial charge < -0.3 is 5.11 Å². The maximum absolute atomic E-state index is 8.95. The average molecular weight is 166 g/mol. The van der Waals surface area contributed by atoms with Crippen molar-refractivity contribution in [2.45, 2.75) is 26.0 Å². The van der Waals surface area contributed by atoms with Crippen molar-refractivity contribution in [1.29, 1.82) is 5.26 Å². The predicted octanol–water partition coefficient (Wildman–Crippen LogP) is -0.0793. The zero-order valence-electron chi connectivity index (χ0n) is 6.80. The molecule has 0 aliphatic heterocycles. The van der Waals surface area contributed by atoms with Crippen LogP contribution in [-0.2, 0) is 6.54 Å². The second-order valence-corrected chi connectivity index (χ2v) is 2.62. The van der Waals surface area contributed by atoms with Crippen LogP contribution in [0.25, 0.3) is 0 Å². The molecule has 64 valence electrons. The van der Waals surface area contributed by atoms with E-state index in [4.69, 9.17) is 10.4 Å². The fourth-order valence-corrected chi connectivity index (χ4v) is 0.778. The first-order valence-corrected chi connectivity index (χ1v) is 3.70. The van der Waals surface area contributed by atoms with Crippen LogP contribution in [0.1, 0.15) is 19.0 Å². The number of aromatic nitrogens is 3. The zero-order valence-corrected chi connectivity index (χ0v) is 6.80.